The van der Waals surface area contributed by atoms with Gasteiger partial charge in [-0.3, -0.25) is 0 Å². The molecule has 0 amide bonds. The van der Waals surface area contributed by atoms with E-state index < -0.39 is 0 Å². The predicted molar refractivity (Wildman–Crippen MR) is 86.5 cm³/mol. The molecule has 1 heterocycles. The summed E-state index contributed by atoms with van der Waals surface area (Å²) in [5.41, 5.74) is 3.15. The first-order chi connectivity index (χ1) is 11.3. The lowest BCUT2D eigenvalue weighted by Crippen LogP contribution is -2.09. The number of aromatic nitrogens is 3. The topological polar surface area (TPSA) is 63.7 Å². The van der Waals surface area contributed by atoms with Gasteiger partial charge in [0.25, 0.3) is 0 Å². The number of nitrogens with zero attached hydrogens (tertiary/aromatic N) is 4. The summed E-state index contributed by atoms with van der Waals surface area (Å²) >= 11 is 0. The Morgan fingerprint density at radius 1 is 1.09 bits per heavy atom. The quantitative estimate of drug-likeness (QED) is 0.726. The van der Waals surface area contributed by atoms with E-state index in [4.69, 9.17) is 4.74 Å². The molecule has 5 nitrogen and oxygen atoms in total. The Morgan fingerprint density at radius 2 is 1.83 bits per heavy atom. The van der Waals surface area contributed by atoms with Gasteiger partial charge in [0.15, 0.2) is 5.69 Å². The van der Waals surface area contributed by atoms with Crippen LogP contribution in [0.25, 0.3) is 5.69 Å². The third-order valence-electron chi connectivity index (χ3n) is 3.50. The zero-order valence-corrected chi connectivity index (χ0v) is 12.8. The Kier molecular flexibility index (Phi) is 4.34. The average molecular weight is 304 g/mol. The molecule has 0 aliphatic rings. The lowest BCUT2D eigenvalue weighted by molar-refractivity contribution is 0.319. The Morgan fingerprint density at radius 3 is 2.52 bits per heavy atom. The molecule has 114 valence electrons. The van der Waals surface area contributed by atoms with E-state index in [1.165, 1.54) is 5.56 Å². The van der Waals surface area contributed by atoms with Gasteiger partial charge in [0, 0.05) is 6.42 Å². The maximum absolute atomic E-state index is 9.23. The molecule has 23 heavy (non-hydrogen) atoms. The maximum atomic E-state index is 9.23. The van der Waals surface area contributed by atoms with E-state index >= 15 is 0 Å². The molecule has 2 aromatic carbocycles. The fourth-order valence-corrected chi connectivity index (χ4v) is 2.29. The predicted octanol–water partition coefficient (Wildman–Crippen LogP) is 3.07. The van der Waals surface area contributed by atoms with Crippen LogP contribution in [0, 0.1) is 18.3 Å². The summed E-state index contributed by atoms with van der Waals surface area (Å²) < 4.78 is 7.41. The first-order valence-electron chi connectivity index (χ1n) is 7.37. The van der Waals surface area contributed by atoms with Crippen LogP contribution in [0.3, 0.4) is 0 Å². The summed E-state index contributed by atoms with van der Waals surface area (Å²) in [5, 5.41) is 17.3. The van der Waals surface area contributed by atoms with Crippen molar-refractivity contribution >= 4 is 0 Å². The average Bonchev–Trinajstić information content (AvgIpc) is 2.99. The van der Waals surface area contributed by atoms with Gasteiger partial charge in [-0.2, -0.15) is 5.26 Å². The highest BCUT2D eigenvalue weighted by Gasteiger charge is 2.14. The minimum absolute atomic E-state index is 0.335. The molecule has 3 aromatic rings. The second-order valence-corrected chi connectivity index (χ2v) is 5.16. The number of hydrogen-bond donors (Lipinski definition) is 0. The van der Waals surface area contributed by atoms with E-state index in [9.17, 15) is 5.26 Å². The van der Waals surface area contributed by atoms with Gasteiger partial charge in [-0.05, 0) is 31.2 Å². The number of benzene rings is 2. The number of aryl methyl sites for hydroxylation is 1. The lowest BCUT2D eigenvalue weighted by Gasteiger charge is -2.08. The molecule has 0 aliphatic heterocycles. The highest BCUT2D eigenvalue weighted by atomic mass is 16.5. The van der Waals surface area contributed by atoms with Gasteiger partial charge in [-0.1, -0.05) is 41.1 Å². The molecule has 5 heteroatoms. The van der Waals surface area contributed by atoms with Crippen LogP contribution in [0.2, 0.25) is 0 Å². The monoisotopic (exact) mass is 304 g/mol. The molecule has 0 saturated heterocycles. The Hall–Kier alpha value is -3.13. The molecule has 0 N–H and O–H groups in total. The molecular formula is C18H16N4O. The lowest BCUT2D eigenvalue weighted by atomic mass is 10.2. The summed E-state index contributed by atoms with van der Waals surface area (Å²) in [6, 6.07) is 19.6. The minimum Gasteiger partial charge on any atom is -0.493 e. The van der Waals surface area contributed by atoms with Gasteiger partial charge in [-0.15, -0.1) is 5.10 Å². The van der Waals surface area contributed by atoms with Crippen LogP contribution in [0.5, 0.6) is 5.75 Å². The van der Waals surface area contributed by atoms with Gasteiger partial charge in [0.2, 0.25) is 0 Å². The van der Waals surface area contributed by atoms with Crippen molar-refractivity contribution < 1.29 is 4.74 Å². The number of rotatable bonds is 5. The minimum atomic E-state index is 0.335. The standard InChI is InChI=1S/C18H16N4O/c1-14-7-9-15(10-8-14)22-18(17(13-19)20-21-22)11-12-23-16-5-3-2-4-6-16/h2-10H,11-12H2,1H3. The fourth-order valence-electron chi connectivity index (χ4n) is 2.29. The first kappa shape index (κ1) is 14.8. The summed E-state index contributed by atoms with van der Waals surface area (Å²) in [6.45, 7) is 2.48. The third-order valence-corrected chi connectivity index (χ3v) is 3.50. The molecule has 3 rings (SSSR count). The summed E-state index contributed by atoms with van der Waals surface area (Å²) in [6.07, 6.45) is 0.554. The molecule has 0 aliphatic carbocycles. The van der Waals surface area contributed by atoms with Crippen LogP contribution >= 0.6 is 0 Å². The van der Waals surface area contributed by atoms with Gasteiger partial charge in [0.1, 0.15) is 11.8 Å². The largest absolute Gasteiger partial charge is 0.493 e. The van der Waals surface area contributed by atoms with Crippen LogP contribution in [-0.2, 0) is 6.42 Å². The van der Waals surface area contributed by atoms with Crippen molar-refractivity contribution in [1.82, 2.24) is 15.0 Å². The van der Waals surface area contributed by atoms with Gasteiger partial charge < -0.3 is 4.74 Å². The van der Waals surface area contributed by atoms with Crippen LogP contribution in [0.4, 0.5) is 0 Å². The second kappa shape index (κ2) is 6.75. The first-order valence-corrected chi connectivity index (χ1v) is 7.37. The molecule has 1 aromatic heterocycles. The summed E-state index contributed by atoms with van der Waals surface area (Å²) in [5.74, 6) is 0.806. The Bertz CT molecular complexity index is 816. The normalized spacial score (nSPS) is 10.3. The highest BCUT2D eigenvalue weighted by Crippen LogP contribution is 2.15. The summed E-state index contributed by atoms with van der Waals surface area (Å²) in [4.78, 5) is 0. The van der Waals surface area contributed by atoms with E-state index in [0.29, 0.717) is 18.7 Å². The molecule has 0 radical (unpaired) electrons. The van der Waals surface area contributed by atoms with E-state index in [-0.39, 0.29) is 0 Å². The zero-order valence-electron chi connectivity index (χ0n) is 12.8. The highest BCUT2D eigenvalue weighted by molar-refractivity contribution is 5.38. The smallest absolute Gasteiger partial charge is 0.186 e. The molecule has 0 unspecified atom stereocenters. The molecule has 0 spiro atoms. The van der Waals surface area contributed by atoms with E-state index in [1.807, 2.05) is 61.5 Å². The van der Waals surface area contributed by atoms with Crippen molar-refractivity contribution in [2.45, 2.75) is 13.3 Å². The van der Waals surface area contributed by atoms with E-state index in [0.717, 1.165) is 17.1 Å². The van der Waals surface area contributed by atoms with Crippen molar-refractivity contribution in [3.8, 4) is 17.5 Å². The SMILES string of the molecule is Cc1ccc(-n2nnc(C#N)c2CCOc2ccccc2)cc1. The zero-order chi connectivity index (χ0) is 16.1. The van der Waals surface area contributed by atoms with Crippen molar-refractivity contribution in [2.75, 3.05) is 6.61 Å². The third kappa shape index (κ3) is 3.38. The van der Waals surface area contributed by atoms with Crippen molar-refractivity contribution in [3.63, 3.8) is 0 Å². The Balaban J connectivity index is 1.79. The van der Waals surface area contributed by atoms with Crippen LogP contribution in [0.15, 0.2) is 54.6 Å². The van der Waals surface area contributed by atoms with Gasteiger partial charge >= 0.3 is 0 Å². The molecule has 0 saturated carbocycles. The van der Waals surface area contributed by atoms with Gasteiger partial charge in [-0.25, -0.2) is 4.68 Å². The maximum Gasteiger partial charge on any atom is 0.186 e. The second-order valence-electron chi connectivity index (χ2n) is 5.16. The number of para-hydroxylation sites is 1. The van der Waals surface area contributed by atoms with Crippen LogP contribution in [0.1, 0.15) is 17.0 Å². The molecular weight excluding hydrogens is 288 g/mol. The number of ether oxygens (including phenoxy) is 1. The van der Waals surface area contributed by atoms with Crippen molar-refractivity contribution in [3.05, 3.63) is 71.5 Å². The number of nitriles is 1. The molecule has 0 bridgehead atoms. The number of hydrogen-bond acceptors (Lipinski definition) is 4. The Labute approximate surface area is 134 Å². The van der Waals surface area contributed by atoms with Gasteiger partial charge in [0.05, 0.1) is 18.0 Å². The fraction of sp³-hybridized carbons (Fsp3) is 0.167. The van der Waals surface area contributed by atoms with E-state index in [2.05, 4.69) is 16.4 Å². The van der Waals surface area contributed by atoms with Crippen molar-refractivity contribution in [2.24, 2.45) is 0 Å². The summed E-state index contributed by atoms with van der Waals surface area (Å²) in [7, 11) is 0. The van der Waals surface area contributed by atoms with E-state index in [1.54, 1.807) is 4.68 Å². The molecule has 0 fully saturated rings. The molecule has 0 atom stereocenters. The van der Waals surface area contributed by atoms with Crippen LogP contribution < -0.4 is 4.74 Å². The van der Waals surface area contributed by atoms with Crippen molar-refractivity contribution in [1.29, 1.82) is 5.26 Å². The van der Waals surface area contributed by atoms with Crippen LogP contribution in [-0.4, -0.2) is 21.6 Å².